The van der Waals surface area contributed by atoms with Crippen LogP contribution >= 0.6 is 22.9 Å². The van der Waals surface area contributed by atoms with Crippen LogP contribution in [-0.4, -0.2) is 30.4 Å². The van der Waals surface area contributed by atoms with Gasteiger partial charge in [-0.25, -0.2) is 9.79 Å². The summed E-state index contributed by atoms with van der Waals surface area (Å²) in [7, 11) is 1.57. The summed E-state index contributed by atoms with van der Waals surface area (Å²) < 4.78 is 25.3. The van der Waals surface area contributed by atoms with E-state index in [-0.39, 0.29) is 30.5 Å². The molecule has 0 saturated carbocycles. The van der Waals surface area contributed by atoms with Crippen LogP contribution in [0.1, 0.15) is 50.4 Å². The third-order valence-electron chi connectivity index (χ3n) is 6.88. The lowest BCUT2D eigenvalue weighted by Crippen LogP contribution is -2.40. The normalized spacial score (nSPS) is 14.7. The predicted molar refractivity (Wildman–Crippen MR) is 171 cm³/mol. The molecule has 0 unspecified atom stereocenters. The number of halogens is 1. The summed E-state index contributed by atoms with van der Waals surface area (Å²) in [5.74, 6) is 1.04. The first-order valence-corrected chi connectivity index (χ1v) is 15.4. The SMILES string of the molecule is CCOC(=O)C1=C(C)N=c2s/c(=C\c3cccc(OC)c3OCc3cccc(Cl)c3)c(=O)n2[C@H]1c1ccccc1OC(C)C. The minimum atomic E-state index is -0.800. The number of nitrogens with zero attached hydrogens (tertiary/aromatic N) is 2. The number of ether oxygens (including phenoxy) is 4. The molecule has 8 nitrogen and oxygen atoms in total. The van der Waals surface area contributed by atoms with Crippen LogP contribution in [0.3, 0.4) is 0 Å². The number of benzene rings is 3. The van der Waals surface area contributed by atoms with Crippen molar-refractivity contribution in [3.63, 3.8) is 0 Å². The summed E-state index contributed by atoms with van der Waals surface area (Å²) in [6.07, 6.45) is 1.64. The zero-order chi connectivity index (χ0) is 31.4. The van der Waals surface area contributed by atoms with Crippen LogP contribution in [0.25, 0.3) is 6.08 Å². The molecule has 10 heteroatoms. The number of hydrogen-bond donors (Lipinski definition) is 0. The maximum atomic E-state index is 14.2. The minimum Gasteiger partial charge on any atom is -0.493 e. The topological polar surface area (TPSA) is 88.4 Å². The lowest BCUT2D eigenvalue weighted by atomic mass is 9.95. The fourth-order valence-electron chi connectivity index (χ4n) is 5.04. The maximum Gasteiger partial charge on any atom is 0.338 e. The van der Waals surface area contributed by atoms with Gasteiger partial charge in [0.1, 0.15) is 18.4 Å². The largest absolute Gasteiger partial charge is 0.493 e. The Balaban J connectivity index is 1.67. The average molecular weight is 633 g/mol. The van der Waals surface area contributed by atoms with E-state index in [2.05, 4.69) is 0 Å². The average Bonchev–Trinajstić information content (AvgIpc) is 3.29. The molecule has 0 amide bonds. The lowest BCUT2D eigenvalue weighted by molar-refractivity contribution is -0.139. The Hall–Kier alpha value is -4.34. The van der Waals surface area contributed by atoms with Gasteiger partial charge in [-0.15, -0.1) is 0 Å². The zero-order valence-electron chi connectivity index (χ0n) is 25.1. The number of thiazole rings is 1. The standard InChI is InChI=1S/C34H33ClN2O6S/c1-6-41-33(39)29-21(4)36-34-37(30(29)25-14-7-8-15-26(25)43-20(2)3)32(38)28(44-34)18-23-12-10-16-27(40-5)31(23)42-19-22-11-9-13-24(35)17-22/h7-18,20,30H,6,19H2,1-5H3/b28-18-/t30-/m0/s1. The summed E-state index contributed by atoms with van der Waals surface area (Å²) in [5.41, 5.74) is 2.66. The highest BCUT2D eigenvalue weighted by Crippen LogP contribution is 2.36. The third-order valence-corrected chi connectivity index (χ3v) is 8.10. The second-order valence-corrected chi connectivity index (χ2v) is 11.7. The molecule has 1 aromatic heterocycles. The molecule has 2 heterocycles. The molecule has 1 aliphatic heterocycles. The Morgan fingerprint density at radius 2 is 1.84 bits per heavy atom. The van der Waals surface area contributed by atoms with Crippen LogP contribution in [-0.2, 0) is 16.1 Å². The monoisotopic (exact) mass is 632 g/mol. The molecular weight excluding hydrogens is 600 g/mol. The second kappa shape index (κ2) is 13.5. The number of carbonyl (C=O) groups is 1. The van der Waals surface area contributed by atoms with E-state index in [0.29, 0.717) is 48.4 Å². The number of fused-ring (bicyclic) bond motifs is 1. The number of para-hydroxylation sites is 2. The third kappa shape index (κ3) is 6.44. The van der Waals surface area contributed by atoms with Crippen LogP contribution in [0.5, 0.6) is 17.2 Å². The zero-order valence-corrected chi connectivity index (χ0v) is 26.7. The van der Waals surface area contributed by atoms with Gasteiger partial charge in [-0.2, -0.15) is 0 Å². The van der Waals surface area contributed by atoms with Gasteiger partial charge in [0, 0.05) is 16.1 Å². The van der Waals surface area contributed by atoms with Gasteiger partial charge >= 0.3 is 5.97 Å². The van der Waals surface area contributed by atoms with Gasteiger partial charge in [0.2, 0.25) is 0 Å². The molecular formula is C34H33ClN2O6S. The lowest BCUT2D eigenvalue weighted by Gasteiger charge is -2.26. The first kappa shape index (κ1) is 31.1. The van der Waals surface area contributed by atoms with Crippen molar-refractivity contribution < 1.29 is 23.7 Å². The summed E-state index contributed by atoms with van der Waals surface area (Å²) in [4.78, 5) is 32.7. The van der Waals surface area contributed by atoms with Gasteiger partial charge < -0.3 is 18.9 Å². The molecule has 0 radical (unpaired) electrons. The Labute approximate surface area is 264 Å². The number of allylic oxidation sites excluding steroid dienone is 1. The number of rotatable bonds is 10. The molecule has 3 aromatic carbocycles. The molecule has 0 saturated heterocycles. The minimum absolute atomic E-state index is 0.124. The Bertz CT molecular complexity index is 1910. The number of hydrogen-bond acceptors (Lipinski definition) is 8. The van der Waals surface area contributed by atoms with E-state index >= 15 is 0 Å². The highest BCUT2D eigenvalue weighted by Gasteiger charge is 2.35. The number of carbonyl (C=O) groups excluding carboxylic acids is 1. The van der Waals surface area contributed by atoms with Crippen molar-refractivity contribution in [1.82, 2.24) is 4.57 Å². The van der Waals surface area contributed by atoms with Crippen molar-refractivity contribution in [2.75, 3.05) is 13.7 Å². The smallest absolute Gasteiger partial charge is 0.338 e. The van der Waals surface area contributed by atoms with Gasteiger partial charge in [-0.3, -0.25) is 9.36 Å². The molecule has 0 fully saturated rings. The van der Waals surface area contributed by atoms with Gasteiger partial charge in [0.05, 0.1) is 35.6 Å². The highest BCUT2D eigenvalue weighted by molar-refractivity contribution is 7.07. The van der Waals surface area contributed by atoms with E-state index in [1.54, 1.807) is 43.7 Å². The van der Waals surface area contributed by atoms with E-state index < -0.39 is 12.0 Å². The van der Waals surface area contributed by atoms with Crippen molar-refractivity contribution in [3.05, 3.63) is 119 Å². The fourth-order valence-corrected chi connectivity index (χ4v) is 6.29. The Morgan fingerprint density at radius 3 is 2.57 bits per heavy atom. The summed E-state index contributed by atoms with van der Waals surface area (Å²) in [6.45, 7) is 7.79. The molecule has 0 aliphatic carbocycles. The van der Waals surface area contributed by atoms with Crippen LogP contribution in [0.15, 0.2) is 87.8 Å². The number of esters is 1. The molecule has 5 rings (SSSR count). The summed E-state index contributed by atoms with van der Waals surface area (Å²) in [6, 6.07) is 19.5. The quantitative estimate of drug-likeness (QED) is 0.205. The van der Waals surface area contributed by atoms with Crippen LogP contribution < -0.4 is 29.1 Å². The van der Waals surface area contributed by atoms with E-state index in [1.165, 1.54) is 11.3 Å². The molecule has 228 valence electrons. The van der Waals surface area contributed by atoms with Gasteiger partial charge in [-0.1, -0.05) is 65.4 Å². The van der Waals surface area contributed by atoms with E-state index in [0.717, 1.165) is 5.56 Å². The number of methoxy groups -OCH3 is 1. The summed E-state index contributed by atoms with van der Waals surface area (Å²) >= 11 is 7.40. The van der Waals surface area contributed by atoms with Gasteiger partial charge in [0.25, 0.3) is 5.56 Å². The van der Waals surface area contributed by atoms with Crippen molar-refractivity contribution in [1.29, 1.82) is 0 Å². The predicted octanol–water partition coefficient (Wildman–Crippen LogP) is 5.83. The van der Waals surface area contributed by atoms with Gasteiger partial charge in [-0.05, 0) is 63.6 Å². The van der Waals surface area contributed by atoms with Crippen molar-refractivity contribution in [2.45, 2.75) is 46.4 Å². The molecule has 0 spiro atoms. The molecule has 0 N–H and O–H groups in total. The maximum absolute atomic E-state index is 14.2. The Morgan fingerprint density at radius 1 is 1.09 bits per heavy atom. The van der Waals surface area contributed by atoms with Crippen molar-refractivity contribution >= 4 is 35.0 Å². The summed E-state index contributed by atoms with van der Waals surface area (Å²) in [5, 5.41) is 0.611. The van der Waals surface area contributed by atoms with Gasteiger partial charge in [0.15, 0.2) is 16.3 Å². The van der Waals surface area contributed by atoms with Crippen molar-refractivity contribution in [2.24, 2.45) is 4.99 Å². The van der Waals surface area contributed by atoms with Crippen molar-refractivity contribution in [3.8, 4) is 17.2 Å². The molecule has 44 heavy (non-hydrogen) atoms. The highest BCUT2D eigenvalue weighted by atomic mass is 35.5. The van der Waals surface area contributed by atoms with Crippen LogP contribution in [0.4, 0.5) is 0 Å². The molecule has 4 aromatic rings. The van der Waals surface area contributed by atoms with Crippen LogP contribution in [0.2, 0.25) is 5.02 Å². The second-order valence-electron chi connectivity index (χ2n) is 10.3. The molecule has 1 atom stereocenters. The van der Waals surface area contributed by atoms with E-state index in [4.69, 9.17) is 35.5 Å². The fraction of sp³-hybridized carbons (Fsp3) is 0.265. The van der Waals surface area contributed by atoms with E-state index in [1.807, 2.05) is 68.4 Å². The first-order chi connectivity index (χ1) is 21.2. The van der Waals surface area contributed by atoms with E-state index in [9.17, 15) is 9.59 Å². The number of aromatic nitrogens is 1. The molecule has 0 bridgehead atoms. The van der Waals surface area contributed by atoms with Crippen LogP contribution in [0, 0.1) is 0 Å². The first-order valence-electron chi connectivity index (χ1n) is 14.2. The molecule has 1 aliphatic rings. The Kier molecular flexibility index (Phi) is 9.56.